The second kappa shape index (κ2) is 8.11. The first-order chi connectivity index (χ1) is 14.1. The zero-order valence-electron chi connectivity index (χ0n) is 16.5. The van der Waals surface area contributed by atoms with Crippen LogP contribution in [-0.4, -0.2) is 60.0 Å². The number of carbonyl (C=O) groups excluding carboxylic acids is 1. The molecule has 12 heteroatoms. The number of hydrogen-bond donors (Lipinski definition) is 2. The molecule has 0 atom stereocenters. The third-order valence-corrected chi connectivity index (χ3v) is 6.91. The van der Waals surface area contributed by atoms with Gasteiger partial charge in [0.05, 0.1) is 24.0 Å². The van der Waals surface area contributed by atoms with Crippen LogP contribution >= 0.6 is 0 Å². The number of nitrogens with zero attached hydrogens (tertiary/aromatic N) is 3. The maximum Gasteiger partial charge on any atom is 0.224 e. The highest BCUT2D eigenvalue weighted by Gasteiger charge is 2.37. The van der Waals surface area contributed by atoms with Gasteiger partial charge in [0.1, 0.15) is 17.1 Å². The Morgan fingerprint density at radius 2 is 2.00 bits per heavy atom. The van der Waals surface area contributed by atoms with Crippen molar-refractivity contribution in [1.29, 1.82) is 0 Å². The molecule has 0 spiro atoms. The summed E-state index contributed by atoms with van der Waals surface area (Å²) < 4.78 is 58.2. The highest BCUT2D eigenvalue weighted by molar-refractivity contribution is 7.89. The van der Waals surface area contributed by atoms with Gasteiger partial charge < -0.3 is 15.8 Å². The minimum absolute atomic E-state index is 0.0855. The number of sulfonamides is 1. The van der Waals surface area contributed by atoms with Gasteiger partial charge in [0.25, 0.3) is 0 Å². The third-order valence-electron chi connectivity index (χ3n) is 4.70. The monoisotopic (exact) mass is 441 g/mol. The van der Waals surface area contributed by atoms with Crippen molar-refractivity contribution in [3.63, 3.8) is 0 Å². The summed E-state index contributed by atoms with van der Waals surface area (Å²) in [6, 6.07) is 1.76. The minimum Gasteiger partial charge on any atom is -0.496 e. The molecule has 2 aromatic rings. The maximum atomic E-state index is 14.2. The molecule has 0 radical (unpaired) electrons. The molecule has 3 N–H and O–H groups in total. The lowest BCUT2D eigenvalue weighted by atomic mass is 10.0. The molecule has 1 aliphatic heterocycles. The van der Waals surface area contributed by atoms with Crippen molar-refractivity contribution >= 4 is 27.6 Å². The number of carbonyl (C=O) groups is 1. The summed E-state index contributed by atoms with van der Waals surface area (Å²) in [5.41, 5.74) is 5.00. The van der Waals surface area contributed by atoms with E-state index in [-0.39, 0.29) is 42.2 Å². The molecule has 3 rings (SSSR count). The number of nitrogen functional groups attached to an aromatic ring is 1. The van der Waals surface area contributed by atoms with Crippen LogP contribution in [0.25, 0.3) is 0 Å². The molecule has 1 aromatic heterocycles. The minimum atomic E-state index is -3.33. The van der Waals surface area contributed by atoms with E-state index < -0.39 is 38.3 Å². The molecule has 0 bridgehead atoms. The summed E-state index contributed by atoms with van der Waals surface area (Å²) in [6.45, 7) is 3.70. The van der Waals surface area contributed by atoms with E-state index in [1.807, 2.05) is 0 Å². The molecule has 1 saturated heterocycles. The number of benzene rings is 1. The Morgan fingerprint density at radius 3 is 2.57 bits per heavy atom. The molecule has 30 heavy (non-hydrogen) atoms. The molecule has 0 amide bonds. The number of rotatable bonds is 7. The van der Waals surface area contributed by atoms with Gasteiger partial charge >= 0.3 is 0 Å². The lowest BCUT2D eigenvalue weighted by Gasteiger charge is -2.39. The van der Waals surface area contributed by atoms with Crippen LogP contribution in [0.2, 0.25) is 0 Å². The molecule has 0 aliphatic carbocycles. The van der Waals surface area contributed by atoms with E-state index in [4.69, 9.17) is 10.5 Å². The van der Waals surface area contributed by atoms with Gasteiger partial charge in [0.2, 0.25) is 21.8 Å². The topological polar surface area (TPSA) is 128 Å². The Kier molecular flexibility index (Phi) is 5.90. The van der Waals surface area contributed by atoms with Crippen LogP contribution < -0.4 is 15.8 Å². The first-order valence-corrected chi connectivity index (χ1v) is 10.5. The number of nitrogens with two attached hydrogens (primary N) is 1. The largest absolute Gasteiger partial charge is 0.496 e. The highest BCUT2D eigenvalue weighted by atomic mass is 32.2. The smallest absolute Gasteiger partial charge is 0.224 e. The van der Waals surface area contributed by atoms with Crippen molar-refractivity contribution in [2.24, 2.45) is 0 Å². The number of halogens is 2. The van der Waals surface area contributed by atoms with Crippen molar-refractivity contribution in [1.82, 2.24) is 14.3 Å². The van der Waals surface area contributed by atoms with E-state index in [0.717, 1.165) is 18.3 Å². The quantitative estimate of drug-likeness (QED) is 0.618. The van der Waals surface area contributed by atoms with Crippen LogP contribution in [0.3, 0.4) is 0 Å². The van der Waals surface area contributed by atoms with Gasteiger partial charge in [-0.3, -0.25) is 4.79 Å². The van der Waals surface area contributed by atoms with Gasteiger partial charge in [-0.25, -0.2) is 22.2 Å². The van der Waals surface area contributed by atoms with E-state index in [9.17, 15) is 22.0 Å². The first-order valence-electron chi connectivity index (χ1n) is 9.01. The Labute approximate surface area is 172 Å². The number of anilines is 2. The van der Waals surface area contributed by atoms with E-state index in [2.05, 4.69) is 15.3 Å². The number of hydrogen-bond acceptors (Lipinski definition) is 8. The molecule has 162 valence electrons. The molecule has 1 aliphatic rings. The fourth-order valence-electron chi connectivity index (χ4n) is 2.91. The van der Waals surface area contributed by atoms with Gasteiger partial charge in [-0.1, -0.05) is 0 Å². The molecule has 1 aromatic carbocycles. The summed E-state index contributed by atoms with van der Waals surface area (Å²) in [6.07, 6.45) is 1.10. The second-order valence-electron chi connectivity index (χ2n) is 7.01. The zero-order chi connectivity index (χ0) is 22.2. The van der Waals surface area contributed by atoms with Crippen molar-refractivity contribution in [2.75, 3.05) is 31.2 Å². The number of aromatic nitrogens is 2. The van der Waals surface area contributed by atoms with Gasteiger partial charge in [0.15, 0.2) is 11.6 Å². The summed E-state index contributed by atoms with van der Waals surface area (Å²) in [5.74, 6) is -3.80. The van der Waals surface area contributed by atoms with Crippen LogP contribution in [0.5, 0.6) is 5.75 Å². The maximum absolute atomic E-state index is 14.2. The molecule has 0 saturated carbocycles. The Bertz CT molecular complexity index is 1090. The van der Waals surface area contributed by atoms with Gasteiger partial charge in [-0.15, -0.1) is 0 Å². The van der Waals surface area contributed by atoms with Gasteiger partial charge in [0, 0.05) is 19.3 Å². The van der Waals surface area contributed by atoms with Crippen molar-refractivity contribution in [3.8, 4) is 5.75 Å². The summed E-state index contributed by atoms with van der Waals surface area (Å²) in [7, 11) is -2.11. The van der Waals surface area contributed by atoms with Crippen LogP contribution in [0.1, 0.15) is 29.8 Å². The highest BCUT2D eigenvalue weighted by Crippen LogP contribution is 2.28. The van der Waals surface area contributed by atoms with Crippen molar-refractivity contribution < 1.29 is 26.7 Å². The standard InChI is InChI=1S/C18H21F2N5O4S/c1-9(2)30(27,28)25-7-10(8-25)23-18-22-6-11(17(21)24-18)16(26)14-13(29-3)5-4-12(19)15(14)20/h4-6,9-10H,7-8H2,1-3H3,(H3,21,22,23,24). The Balaban J connectivity index is 1.76. The predicted molar refractivity (Wildman–Crippen MR) is 106 cm³/mol. The number of ketones is 1. The molecule has 1 fully saturated rings. The summed E-state index contributed by atoms with van der Waals surface area (Å²) >= 11 is 0. The van der Waals surface area contributed by atoms with Gasteiger partial charge in [-0.05, 0) is 26.0 Å². The SMILES string of the molecule is COc1ccc(F)c(F)c1C(=O)c1cnc(NC2CN(S(=O)(=O)C(C)C)C2)nc1N. The van der Waals surface area contributed by atoms with Crippen molar-refractivity contribution in [3.05, 3.63) is 41.1 Å². The average molecular weight is 441 g/mol. The van der Waals surface area contributed by atoms with Gasteiger partial charge in [-0.2, -0.15) is 9.29 Å². The normalized spacial score (nSPS) is 15.1. The fourth-order valence-corrected chi connectivity index (χ4v) is 4.28. The summed E-state index contributed by atoms with van der Waals surface area (Å²) in [5, 5.41) is 2.41. The zero-order valence-corrected chi connectivity index (χ0v) is 17.3. The van der Waals surface area contributed by atoms with Crippen LogP contribution in [-0.2, 0) is 10.0 Å². The fraction of sp³-hybridized carbons (Fsp3) is 0.389. The Hall–Kier alpha value is -2.86. The van der Waals surface area contributed by atoms with Crippen LogP contribution in [0, 0.1) is 11.6 Å². The van der Waals surface area contributed by atoms with Crippen LogP contribution in [0.4, 0.5) is 20.5 Å². The number of ether oxygens (including phenoxy) is 1. The number of methoxy groups -OCH3 is 1. The lowest BCUT2D eigenvalue weighted by molar-refractivity contribution is 0.103. The third kappa shape index (κ3) is 3.92. The number of nitrogens with one attached hydrogen (secondary N) is 1. The summed E-state index contributed by atoms with van der Waals surface area (Å²) in [4.78, 5) is 20.7. The lowest BCUT2D eigenvalue weighted by Crippen LogP contribution is -2.58. The predicted octanol–water partition coefficient (Wildman–Crippen LogP) is 1.41. The second-order valence-corrected chi connectivity index (χ2v) is 9.50. The van der Waals surface area contributed by atoms with E-state index >= 15 is 0 Å². The molecule has 9 nitrogen and oxygen atoms in total. The first kappa shape index (κ1) is 21.8. The Morgan fingerprint density at radius 1 is 1.33 bits per heavy atom. The molecule has 0 unspecified atom stereocenters. The van der Waals surface area contributed by atoms with Crippen LogP contribution in [0.15, 0.2) is 18.3 Å². The van der Waals surface area contributed by atoms with E-state index in [1.165, 1.54) is 11.4 Å². The van der Waals surface area contributed by atoms with Crippen molar-refractivity contribution in [2.45, 2.75) is 25.1 Å². The van der Waals surface area contributed by atoms with E-state index in [1.54, 1.807) is 13.8 Å². The molecular weight excluding hydrogens is 420 g/mol. The van der Waals surface area contributed by atoms with E-state index in [0.29, 0.717) is 0 Å². The molecule has 2 heterocycles. The average Bonchev–Trinajstić information content (AvgIpc) is 2.65. The molecular formula is C18H21F2N5O4S.